The lowest BCUT2D eigenvalue weighted by atomic mass is 9.77. The second-order valence-electron chi connectivity index (χ2n) is 5.34. The average Bonchev–Trinajstić information content (AvgIpc) is 2.43. The highest BCUT2D eigenvalue weighted by molar-refractivity contribution is 5.21. The number of ether oxygens (including phenoxy) is 1. The van der Waals surface area contributed by atoms with Crippen LogP contribution in [0.3, 0.4) is 0 Å². The molecule has 19 heavy (non-hydrogen) atoms. The molecule has 1 saturated carbocycles. The van der Waals surface area contributed by atoms with E-state index in [1.807, 2.05) is 0 Å². The van der Waals surface area contributed by atoms with E-state index in [4.69, 9.17) is 10.5 Å². The molecule has 106 valence electrons. The van der Waals surface area contributed by atoms with Gasteiger partial charge in [0.2, 0.25) is 0 Å². The molecule has 1 atom stereocenters. The van der Waals surface area contributed by atoms with Gasteiger partial charge in [0.25, 0.3) is 0 Å². The van der Waals surface area contributed by atoms with Crippen molar-refractivity contribution in [2.24, 2.45) is 5.73 Å². The number of hydrogen-bond acceptors (Lipinski definition) is 2. The Morgan fingerprint density at radius 3 is 2.32 bits per heavy atom. The maximum Gasteiger partial charge on any atom is 0.129 e. The van der Waals surface area contributed by atoms with Crippen LogP contribution in [-0.2, 0) is 11.2 Å². The van der Waals surface area contributed by atoms with Gasteiger partial charge in [-0.15, -0.1) is 0 Å². The molecule has 1 aliphatic carbocycles. The van der Waals surface area contributed by atoms with Crippen molar-refractivity contribution in [2.75, 3.05) is 7.11 Å². The van der Waals surface area contributed by atoms with Crippen LogP contribution < -0.4 is 5.73 Å². The Bertz CT molecular complexity index is 410. The van der Waals surface area contributed by atoms with Crippen molar-refractivity contribution >= 4 is 0 Å². The second kappa shape index (κ2) is 5.97. The standard InChI is InChI=1S/C15H21F2NO/c1-19-15(8-3-2-4-9-15)14(18)10-11-12(16)6-5-7-13(11)17/h5-7,14H,2-4,8-10,18H2,1H3. The van der Waals surface area contributed by atoms with Crippen molar-refractivity contribution in [3.05, 3.63) is 35.4 Å². The SMILES string of the molecule is COC1(C(N)Cc2c(F)cccc2F)CCCCC1. The largest absolute Gasteiger partial charge is 0.377 e. The third-order valence-corrected chi connectivity index (χ3v) is 4.27. The maximum absolute atomic E-state index is 13.7. The molecular formula is C15H21F2NO. The fraction of sp³-hybridized carbons (Fsp3) is 0.600. The van der Waals surface area contributed by atoms with Gasteiger partial charge in [-0.3, -0.25) is 0 Å². The van der Waals surface area contributed by atoms with Gasteiger partial charge in [-0.05, 0) is 31.4 Å². The summed E-state index contributed by atoms with van der Waals surface area (Å²) >= 11 is 0. The Labute approximate surface area is 112 Å². The molecule has 1 aromatic rings. The fourth-order valence-electron chi connectivity index (χ4n) is 3.01. The molecule has 0 spiro atoms. The third-order valence-electron chi connectivity index (χ3n) is 4.27. The van der Waals surface area contributed by atoms with Crippen LogP contribution in [0.25, 0.3) is 0 Å². The molecule has 0 saturated heterocycles. The first kappa shape index (κ1) is 14.4. The highest BCUT2D eigenvalue weighted by atomic mass is 19.1. The maximum atomic E-state index is 13.7. The lowest BCUT2D eigenvalue weighted by molar-refractivity contribution is -0.0585. The van der Waals surface area contributed by atoms with Crippen LogP contribution in [-0.4, -0.2) is 18.8 Å². The van der Waals surface area contributed by atoms with E-state index in [2.05, 4.69) is 0 Å². The van der Waals surface area contributed by atoms with Gasteiger partial charge in [-0.1, -0.05) is 25.3 Å². The van der Waals surface area contributed by atoms with Crippen molar-refractivity contribution in [1.82, 2.24) is 0 Å². The normalized spacial score (nSPS) is 20.2. The number of rotatable bonds is 4. The number of benzene rings is 1. The summed E-state index contributed by atoms with van der Waals surface area (Å²) in [6, 6.07) is 3.52. The van der Waals surface area contributed by atoms with Gasteiger partial charge in [0.15, 0.2) is 0 Å². The zero-order chi connectivity index (χ0) is 13.9. The van der Waals surface area contributed by atoms with Gasteiger partial charge in [0.05, 0.1) is 5.60 Å². The summed E-state index contributed by atoms with van der Waals surface area (Å²) in [5.74, 6) is -1.06. The molecule has 4 heteroatoms. The summed E-state index contributed by atoms with van der Waals surface area (Å²) < 4.78 is 33.0. The second-order valence-corrected chi connectivity index (χ2v) is 5.34. The number of halogens is 2. The average molecular weight is 269 g/mol. The molecule has 0 aromatic heterocycles. The molecule has 2 nitrogen and oxygen atoms in total. The van der Waals surface area contributed by atoms with E-state index in [9.17, 15) is 8.78 Å². The van der Waals surface area contributed by atoms with Crippen molar-refractivity contribution < 1.29 is 13.5 Å². The minimum atomic E-state index is -0.530. The molecule has 1 aromatic carbocycles. The minimum Gasteiger partial charge on any atom is -0.377 e. The van der Waals surface area contributed by atoms with Crippen LogP contribution in [0, 0.1) is 11.6 Å². The monoisotopic (exact) mass is 269 g/mol. The van der Waals surface area contributed by atoms with Crippen LogP contribution >= 0.6 is 0 Å². The van der Waals surface area contributed by atoms with E-state index in [-0.39, 0.29) is 18.0 Å². The van der Waals surface area contributed by atoms with Gasteiger partial charge < -0.3 is 10.5 Å². The predicted octanol–water partition coefficient (Wildman–Crippen LogP) is 3.18. The van der Waals surface area contributed by atoms with Crippen LogP contribution in [0.4, 0.5) is 8.78 Å². The summed E-state index contributed by atoms with van der Waals surface area (Å²) in [7, 11) is 1.64. The topological polar surface area (TPSA) is 35.2 Å². The Kier molecular flexibility index (Phi) is 4.53. The van der Waals surface area contributed by atoms with Crippen LogP contribution in [0.1, 0.15) is 37.7 Å². The molecule has 2 N–H and O–H groups in total. The Hall–Kier alpha value is -1.00. The molecule has 0 heterocycles. The first-order valence-electron chi connectivity index (χ1n) is 6.83. The highest BCUT2D eigenvalue weighted by Gasteiger charge is 2.38. The van der Waals surface area contributed by atoms with Gasteiger partial charge >= 0.3 is 0 Å². The zero-order valence-electron chi connectivity index (χ0n) is 11.3. The molecule has 1 fully saturated rings. The summed E-state index contributed by atoms with van der Waals surface area (Å²) in [6.45, 7) is 0. The first-order chi connectivity index (χ1) is 9.09. The Balaban J connectivity index is 2.17. The van der Waals surface area contributed by atoms with Crippen molar-refractivity contribution in [3.8, 4) is 0 Å². The van der Waals surface area contributed by atoms with E-state index in [0.29, 0.717) is 0 Å². The van der Waals surface area contributed by atoms with Crippen LogP contribution in [0.15, 0.2) is 18.2 Å². The smallest absolute Gasteiger partial charge is 0.129 e. The molecule has 1 aliphatic rings. The van der Waals surface area contributed by atoms with Gasteiger partial charge in [0, 0.05) is 18.7 Å². The van der Waals surface area contributed by atoms with Crippen LogP contribution in [0.5, 0.6) is 0 Å². The van der Waals surface area contributed by atoms with Crippen molar-refractivity contribution in [2.45, 2.75) is 50.2 Å². The summed E-state index contributed by atoms with van der Waals surface area (Å²) in [5.41, 5.74) is 5.83. The highest BCUT2D eigenvalue weighted by Crippen LogP contribution is 2.34. The van der Waals surface area contributed by atoms with Crippen molar-refractivity contribution in [3.63, 3.8) is 0 Å². The lowest BCUT2D eigenvalue weighted by Crippen LogP contribution is -2.52. The van der Waals surface area contributed by atoms with Crippen molar-refractivity contribution in [1.29, 1.82) is 0 Å². The minimum absolute atomic E-state index is 0.0667. The molecule has 0 amide bonds. The Morgan fingerprint density at radius 1 is 1.21 bits per heavy atom. The van der Waals surface area contributed by atoms with E-state index in [0.717, 1.165) is 25.7 Å². The predicted molar refractivity (Wildman–Crippen MR) is 70.9 cm³/mol. The fourth-order valence-corrected chi connectivity index (χ4v) is 3.01. The summed E-state index contributed by atoms with van der Waals surface area (Å²) in [6.07, 6.45) is 5.18. The molecule has 0 radical (unpaired) electrons. The zero-order valence-corrected chi connectivity index (χ0v) is 11.3. The number of hydrogen-bond donors (Lipinski definition) is 1. The molecule has 2 rings (SSSR count). The molecular weight excluding hydrogens is 248 g/mol. The molecule has 1 unspecified atom stereocenters. The van der Waals surface area contributed by atoms with Gasteiger partial charge in [-0.2, -0.15) is 0 Å². The van der Waals surface area contributed by atoms with Gasteiger partial charge in [-0.25, -0.2) is 8.78 Å². The lowest BCUT2D eigenvalue weighted by Gasteiger charge is -2.41. The number of nitrogens with two attached hydrogens (primary N) is 1. The van der Waals surface area contributed by atoms with E-state index in [1.165, 1.54) is 24.6 Å². The van der Waals surface area contributed by atoms with Gasteiger partial charge in [0.1, 0.15) is 11.6 Å². The first-order valence-corrected chi connectivity index (χ1v) is 6.83. The van der Waals surface area contributed by atoms with Crippen LogP contribution in [0.2, 0.25) is 0 Å². The van der Waals surface area contributed by atoms with E-state index < -0.39 is 17.2 Å². The van der Waals surface area contributed by atoms with E-state index in [1.54, 1.807) is 7.11 Å². The Morgan fingerprint density at radius 2 is 1.79 bits per heavy atom. The molecule has 0 bridgehead atoms. The molecule has 0 aliphatic heterocycles. The summed E-state index contributed by atoms with van der Waals surface area (Å²) in [5, 5.41) is 0. The number of methoxy groups -OCH3 is 1. The van der Waals surface area contributed by atoms with E-state index >= 15 is 0 Å². The summed E-state index contributed by atoms with van der Waals surface area (Å²) in [4.78, 5) is 0. The quantitative estimate of drug-likeness (QED) is 0.911. The third kappa shape index (κ3) is 2.95.